The van der Waals surface area contributed by atoms with E-state index in [1.165, 1.54) is 12.1 Å². The first-order valence-electron chi connectivity index (χ1n) is 5.80. The highest BCUT2D eigenvalue weighted by Gasteiger charge is 2.59. The fourth-order valence-electron chi connectivity index (χ4n) is 1.99. The number of rotatable bonds is 1. The normalized spacial score (nSPS) is 21.5. The van der Waals surface area contributed by atoms with Crippen LogP contribution >= 0.6 is 0 Å². The molecule has 0 bridgehead atoms. The fraction of sp³-hybridized carbons (Fsp3) is 0.462. The van der Waals surface area contributed by atoms with E-state index in [4.69, 9.17) is 0 Å². The summed E-state index contributed by atoms with van der Waals surface area (Å²) in [6, 6.07) is 6.17. The molecule has 0 saturated heterocycles. The van der Waals surface area contributed by atoms with Crippen molar-refractivity contribution in [1.29, 1.82) is 0 Å². The molecule has 0 aromatic heterocycles. The minimum absolute atomic E-state index is 0.0318. The summed E-state index contributed by atoms with van der Waals surface area (Å²) in [5, 5.41) is 25.4. The maximum Gasteiger partial charge on any atom is 0.316 e. The molecule has 0 spiro atoms. The molecule has 0 fully saturated rings. The molecule has 0 amide bonds. The van der Waals surface area contributed by atoms with Crippen molar-refractivity contribution in [2.45, 2.75) is 38.8 Å². The number of nitrogens with zero attached hydrogens (tertiary/aromatic N) is 3. The first-order chi connectivity index (χ1) is 8.19. The van der Waals surface area contributed by atoms with Crippen LogP contribution in [0.2, 0.25) is 0 Å². The second-order valence-electron chi connectivity index (χ2n) is 5.58. The second-order valence-corrected chi connectivity index (χ2v) is 5.58. The van der Waals surface area contributed by atoms with E-state index in [1.54, 1.807) is 39.8 Å². The number of benzene rings is 1. The quantitative estimate of drug-likeness (QED) is 0.560. The molecule has 1 aromatic carbocycles. The van der Waals surface area contributed by atoms with E-state index < -0.39 is 11.1 Å². The van der Waals surface area contributed by atoms with E-state index >= 15 is 0 Å². The molecule has 5 nitrogen and oxygen atoms in total. The molecular weight excluding hydrogens is 230 g/mol. The maximum atomic E-state index is 12.3. The Bertz CT molecular complexity index is 521. The van der Waals surface area contributed by atoms with E-state index in [2.05, 4.69) is 0 Å². The highest BCUT2D eigenvalue weighted by Crippen LogP contribution is 2.37. The summed E-state index contributed by atoms with van der Waals surface area (Å²) in [5.41, 5.74) is 8.24. The summed E-state index contributed by atoms with van der Waals surface area (Å²) in [4.78, 5) is 0. The van der Waals surface area contributed by atoms with Gasteiger partial charge < -0.3 is 5.21 Å². The average Bonchev–Trinajstić information content (AvgIpc) is 2.38. The van der Waals surface area contributed by atoms with Crippen LogP contribution in [0.3, 0.4) is 0 Å². The van der Waals surface area contributed by atoms with Crippen molar-refractivity contribution >= 4 is 11.5 Å². The molecule has 0 saturated carbocycles. The Balaban J connectivity index is 2.61. The number of hydrogen-bond donors (Lipinski definition) is 0. The standard InChI is InChI=1S/C13H16N3O2/c1-12(2)13(3,4)16(18)11(15(12)17)9-6-5-7-10(14)8-9/h5-8H,1-4H3. The topological polar surface area (TPSA) is 71.5 Å². The van der Waals surface area contributed by atoms with Gasteiger partial charge in [-0.05, 0) is 45.9 Å². The number of amidine groups is 1. The largest absolute Gasteiger partial charge is 0.714 e. The molecule has 0 atom stereocenters. The van der Waals surface area contributed by atoms with Gasteiger partial charge in [-0.15, -0.1) is 0 Å². The third kappa shape index (κ3) is 1.47. The summed E-state index contributed by atoms with van der Waals surface area (Å²) in [6.07, 6.45) is 0. The van der Waals surface area contributed by atoms with E-state index in [-0.39, 0.29) is 11.5 Å². The van der Waals surface area contributed by atoms with Crippen LogP contribution in [0, 0.1) is 5.21 Å². The van der Waals surface area contributed by atoms with Crippen LogP contribution in [-0.2, 0) is 5.21 Å². The Morgan fingerprint density at radius 1 is 1.28 bits per heavy atom. The number of hydroxylamine groups is 3. The Labute approximate surface area is 107 Å². The Morgan fingerprint density at radius 3 is 2.33 bits per heavy atom. The zero-order chi connectivity index (χ0) is 13.7. The predicted molar refractivity (Wildman–Crippen MR) is 66.7 cm³/mol. The molecule has 1 aromatic rings. The molecule has 18 heavy (non-hydrogen) atoms. The van der Waals surface area contributed by atoms with Gasteiger partial charge in [0.2, 0.25) is 0 Å². The molecule has 2 rings (SSSR count). The van der Waals surface area contributed by atoms with Crippen LogP contribution < -0.4 is 5.73 Å². The van der Waals surface area contributed by atoms with Gasteiger partial charge in [-0.2, -0.15) is 5.73 Å². The smallest absolute Gasteiger partial charge is 0.316 e. The second kappa shape index (κ2) is 3.62. The van der Waals surface area contributed by atoms with Gasteiger partial charge in [-0.25, -0.2) is 0 Å². The summed E-state index contributed by atoms with van der Waals surface area (Å²) in [7, 11) is 0. The van der Waals surface area contributed by atoms with Gasteiger partial charge in [0.25, 0.3) is 0 Å². The van der Waals surface area contributed by atoms with Crippen molar-refractivity contribution in [3.8, 4) is 0 Å². The molecule has 1 aliphatic rings. The molecule has 5 heteroatoms. The van der Waals surface area contributed by atoms with E-state index in [0.29, 0.717) is 5.56 Å². The van der Waals surface area contributed by atoms with Crippen LogP contribution in [0.15, 0.2) is 24.3 Å². The lowest BCUT2D eigenvalue weighted by molar-refractivity contribution is -0.539. The van der Waals surface area contributed by atoms with Crippen molar-refractivity contribution in [2.24, 2.45) is 0 Å². The third-order valence-corrected chi connectivity index (χ3v) is 4.00. The maximum absolute atomic E-state index is 12.3. The fourth-order valence-corrected chi connectivity index (χ4v) is 1.99. The van der Waals surface area contributed by atoms with E-state index in [9.17, 15) is 16.1 Å². The minimum atomic E-state index is -0.838. The van der Waals surface area contributed by atoms with Crippen molar-refractivity contribution < 1.29 is 9.95 Å². The Morgan fingerprint density at radius 2 is 1.89 bits per heavy atom. The minimum Gasteiger partial charge on any atom is -0.714 e. The molecular formula is C13H16N3O2. The lowest BCUT2D eigenvalue weighted by Crippen LogP contribution is -2.53. The molecule has 0 aliphatic carbocycles. The van der Waals surface area contributed by atoms with Crippen LogP contribution in [-0.4, -0.2) is 26.7 Å². The summed E-state index contributed by atoms with van der Waals surface area (Å²) in [5.74, 6) is 0.0425. The molecule has 0 unspecified atom stereocenters. The third-order valence-electron chi connectivity index (χ3n) is 4.00. The molecule has 95 valence electrons. The molecule has 3 radical (unpaired) electrons. The summed E-state index contributed by atoms with van der Waals surface area (Å²) < 4.78 is 0.731. The van der Waals surface area contributed by atoms with E-state index in [0.717, 1.165) is 9.80 Å². The van der Waals surface area contributed by atoms with Gasteiger partial charge in [-0.1, -0.05) is 11.1 Å². The molecule has 1 heterocycles. The molecule has 1 aliphatic heterocycles. The van der Waals surface area contributed by atoms with Gasteiger partial charge in [0, 0.05) is 5.21 Å². The van der Waals surface area contributed by atoms with Crippen LogP contribution in [0.5, 0.6) is 0 Å². The van der Waals surface area contributed by atoms with Crippen molar-refractivity contribution in [1.82, 2.24) is 10.8 Å². The Kier molecular flexibility index (Phi) is 2.55. The highest BCUT2D eigenvalue weighted by atomic mass is 16.5. The lowest BCUT2D eigenvalue weighted by atomic mass is 9.84. The summed E-state index contributed by atoms with van der Waals surface area (Å²) in [6.45, 7) is 6.95. The van der Waals surface area contributed by atoms with Crippen LogP contribution in [0.25, 0.3) is 0 Å². The van der Waals surface area contributed by atoms with Crippen molar-refractivity contribution in [3.05, 3.63) is 35.0 Å². The average molecular weight is 246 g/mol. The number of hydrogen-bond acceptors (Lipinski definition) is 2. The van der Waals surface area contributed by atoms with Crippen LogP contribution in [0.4, 0.5) is 5.69 Å². The predicted octanol–water partition coefficient (Wildman–Crippen LogP) is 1.86. The first-order valence-corrected chi connectivity index (χ1v) is 5.80. The zero-order valence-electron chi connectivity index (χ0n) is 11.0. The SMILES string of the molecule is CC1(C)N([O])C(c2cccc([N])c2)=[N+]([O-])C1(C)C. The van der Waals surface area contributed by atoms with Gasteiger partial charge in [0.15, 0.2) is 5.54 Å². The lowest BCUT2D eigenvalue weighted by Gasteiger charge is -2.32. The Hall–Kier alpha value is -1.75. The van der Waals surface area contributed by atoms with Gasteiger partial charge in [0.05, 0.1) is 11.3 Å². The highest BCUT2D eigenvalue weighted by molar-refractivity contribution is 5.96. The summed E-state index contributed by atoms with van der Waals surface area (Å²) >= 11 is 0. The zero-order valence-corrected chi connectivity index (χ0v) is 11.0. The van der Waals surface area contributed by atoms with E-state index in [1.807, 2.05) is 0 Å². The van der Waals surface area contributed by atoms with Crippen molar-refractivity contribution in [3.63, 3.8) is 0 Å². The first kappa shape index (κ1) is 12.7. The monoisotopic (exact) mass is 246 g/mol. The van der Waals surface area contributed by atoms with Gasteiger partial charge in [0.1, 0.15) is 5.54 Å². The molecule has 0 N–H and O–H groups in total. The van der Waals surface area contributed by atoms with Gasteiger partial charge in [-0.3, -0.25) is 4.74 Å². The van der Waals surface area contributed by atoms with Crippen LogP contribution in [0.1, 0.15) is 33.3 Å². The van der Waals surface area contributed by atoms with Crippen molar-refractivity contribution in [2.75, 3.05) is 0 Å². The van der Waals surface area contributed by atoms with Gasteiger partial charge >= 0.3 is 5.84 Å².